The van der Waals surface area contributed by atoms with E-state index < -0.39 is 23.6 Å². The van der Waals surface area contributed by atoms with Crippen LogP contribution in [0.15, 0.2) is 24.3 Å². The van der Waals surface area contributed by atoms with Gasteiger partial charge in [0, 0.05) is 30.9 Å². The Morgan fingerprint density at radius 3 is 2.27 bits per heavy atom. The highest BCUT2D eigenvalue weighted by atomic mass is 19.4. The highest BCUT2D eigenvalue weighted by Crippen LogP contribution is 2.30. The van der Waals surface area contributed by atoms with Crippen LogP contribution >= 0.6 is 0 Å². The first kappa shape index (κ1) is 23.5. The summed E-state index contributed by atoms with van der Waals surface area (Å²) < 4.78 is 38.2. The second kappa shape index (κ2) is 9.36. The second-order valence-electron chi connectivity index (χ2n) is 8.35. The van der Waals surface area contributed by atoms with Gasteiger partial charge >= 0.3 is 24.0 Å². The van der Waals surface area contributed by atoms with E-state index >= 15 is 0 Å². The molecule has 1 saturated heterocycles. The van der Waals surface area contributed by atoms with E-state index in [1.165, 1.54) is 6.07 Å². The predicted molar refractivity (Wildman–Crippen MR) is 106 cm³/mol. The summed E-state index contributed by atoms with van der Waals surface area (Å²) in [6, 6.07) is 3.94. The summed E-state index contributed by atoms with van der Waals surface area (Å²) in [5, 5.41) is 7.58. The number of amides is 4. The molecule has 1 aliphatic rings. The fourth-order valence-electron chi connectivity index (χ4n) is 3.02. The van der Waals surface area contributed by atoms with Crippen LogP contribution in [0.25, 0.3) is 0 Å². The van der Waals surface area contributed by atoms with Crippen LogP contribution in [-0.2, 0) is 15.8 Å². The molecule has 1 aromatic rings. The van der Waals surface area contributed by atoms with E-state index in [0.717, 1.165) is 18.2 Å². The monoisotopic (exact) mass is 428 g/mol. The Balaban J connectivity index is 1.77. The van der Waals surface area contributed by atoms with Gasteiger partial charge < -0.3 is 20.9 Å². The number of nitrogens with one attached hydrogen (secondary N) is 3. The summed E-state index contributed by atoms with van der Waals surface area (Å²) >= 11 is 0. The molecular weight excluding hydrogens is 401 g/mol. The lowest BCUT2D eigenvalue weighted by atomic mass is 9.97. The van der Waals surface area contributed by atoms with Gasteiger partial charge in [0.05, 0.1) is 5.56 Å². The fourth-order valence-corrected chi connectivity index (χ4v) is 3.02. The molecule has 0 aromatic heterocycles. The number of rotatable bonds is 3. The topological polar surface area (TPSA) is 90.5 Å². The van der Waals surface area contributed by atoms with Gasteiger partial charge in [0.1, 0.15) is 0 Å². The molecule has 0 aliphatic carbocycles. The molecule has 1 fully saturated rings. The minimum atomic E-state index is -4.54. The third-order valence-corrected chi connectivity index (χ3v) is 4.59. The summed E-state index contributed by atoms with van der Waals surface area (Å²) in [7, 11) is 0. The smallest absolute Gasteiger partial charge is 0.348 e. The van der Waals surface area contributed by atoms with Gasteiger partial charge in [-0.1, -0.05) is 6.07 Å². The minimum Gasteiger partial charge on any atom is -0.348 e. The number of alkyl halides is 3. The summed E-state index contributed by atoms with van der Waals surface area (Å²) in [6.45, 7) is 7.04. The van der Waals surface area contributed by atoms with Crippen LogP contribution < -0.4 is 16.0 Å². The number of benzene rings is 1. The lowest BCUT2D eigenvalue weighted by molar-refractivity contribution is -0.137. The van der Waals surface area contributed by atoms with Gasteiger partial charge in [-0.2, -0.15) is 13.2 Å². The molecule has 10 heteroatoms. The van der Waals surface area contributed by atoms with Gasteiger partial charge in [-0.05, 0) is 57.7 Å². The summed E-state index contributed by atoms with van der Waals surface area (Å²) in [5.41, 5.74) is -1.35. The number of piperidine rings is 1. The van der Waals surface area contributed by atoms with Gasteiger partial charge in [0.15, 0.2) is 0 Å². The number of carbonyl (C=O) groups excluding carboxylic acids is 3. The van der Waals surface area contributed by atoms with E-state index in [4.69, 9.17) is 0 Å². The summed E-state index contributed by atoms with van der Waals surface area (Å²) in [6.07, 6.45) is -3.19. The van der Waals surface area contributed by atoms with Crippen molar-refractivity contribution in [1.82, 2.24) is 15.5 Å². The van der Waals surface area contributed by atoms with E-state index in [1.54, 1.807) is 4.90 Å². The SMILES string of the molecule is CC(C)(C)NC(=O)N1CCC(CNC(=O)C(=O)Nc2cccc(C(F)(F)F)c2)CC1. The zero-order chi connectivity index (χ0) is 22.5. The molecule has 3 N–H and O–H groups in total. The largest absolute Gasteiger partial charge is 0.416 e. The van der Waals surface area contributed by atoms with Crippen molar-refractivity contribution in [3.8, 4) is 0 Å². The number of likely N-dealkylation sites (tertiary alicyclic amines) is 1. The maximum absolute atomic E-state index is 12.7. The van der Waals surface area contributed by atoms with Gasteiger partial charge in [-0.25, -0.2) is 4.79 Å². The molecule has 0 unspecified atom stereocenters. The summed E-state index contributed by atoms with van der Waals surface area (Å²) in [5.74, 6) is -1.84. The predicted octanol–water partition coefficient (Wildman–Crippen LogP) is 2.98. The van der Waals surface area contributed by atoms with Gasteiger partial charge in [0.25, 0.3) is 0 Å². The van der Waals surface area contributed by atoms with Crippen molar-refractivity contribution in [2.24, 2.45) is 5.92 Å². The standard InChI is InChI=1S/C20H27F3N4O3/c1-19(2,3)26-18(30)27-9-7-13(8-10-27)12-24-16(28)17(29)25-15-6-4-5-14(11-15)20(21,22)23/h4-6,11,13H,7-10,12H2,1-3H3,(H,24,28)(H,25,29)(H,26,30). The quantitative estimate of drug-likeness (QED) is 0.647. The fraction of sp³-hybridized carbons (Fsp3) is 0.550. The lowest BCUT2D eigenvalue weighted by Crippen LogP contribution is -2.51. The molecule has 30 heavy (non-hydrogen) atoms. The Bertz CT molecular complexity index is 782. The third-order valence-electron chi connectivity index (χ3n) is 4.59. The average Bonchev–Trinajstić information content (AvgIpc) is 2.64. The van der Waals surface area contributed by atoms with E-state index in [-0.39, 0.29) is 29.7 Å². The summed E-state index contributed by atoms with van der Waals surface area (Å²) in [4.78, 5) is 37.8. The molecule has 2 rings (SSSR count). The third kappa shape index (κ3) is 7.23. The van der Waals surface area contributed by atoms with Crippen LogP contribution in [0.5, 0.6) is 0 Å². The van der Waals surface area contributed by atoms with Crippen LogP contribution in [0.3, 0.4) is 0 Å². The van der Waals surface area contributed by atoms with Crippen LogP contribution in [0, 0.1) is 5.92 Å². The number of nitrogens with zero attached hydrogens (tertiary/aromatic N) is 1. The average molecular weight is 428 g/mol. The second-order valence-corrected chi connectivity index (χ2v) is 8.35. The maximum Gasteiger partial charge on any atom is 0.416 e. The number of hydrogen-bond donors (Lipinski definition) is 3. The van der Waals surface area contributed by atoms with E-state index in [0.29, 0.717) is 25.9 Å². The molecule has 1 aliphatic heterocycles. The number of anilines is 1. The van der Waals surface area contributed by atoms with Gasteiger partial charge in [-0.3, -0.25) is 9.59 Å². The van der Waals surface area contributed by atoms with Crippen molar-refractivity contribution in [2.75, 3.05) is 25.0 Å². The van der Waals surface area contributed by atoms with E-state index in [2.05, 4.69) is 16.0 Å². The highest BCUT2D eigenvalue weighted by Gasteiger charge is 2.31. The normalized spacial score (nSPS) is 15.5. The van der Waals surface area contributed by atoms with Crippen molar-refractivity contribution in [2.45, 2.75) is 45.3 Å². The Hall–Kier alpha value is -2.78. The van der Waals surface area contributed by atoms with Gasteiger partial charge in [0.2, 0.25) is 0 Å². The Morgan fingerprint density at radius 2 is 1.70 bits per heavy atom. The zero-order valence-electron chi connectivity index (χ0n) is 17.2. The molecule has 1 aromatic carbocycles. The first-order chi connectivity index (χ1) is 13.8. The Labute approximate surface area is 173 Å². The van der Waals surface area contributed by atoms with Crippen LogP contribution in [0.2, 0.25) is 0 Å². The zero-order valence-corrected chi connectivity index (χ0v) is 17.2. The van der Waals surface area contributed by atoms with E-state index in [9.17, 15) is 27.6 Å². The molecular formula is C20H27F3N4O3. The van der Waals surface area contributed by atoms with Crippen LogP contribution in [-0.4, -0.2) is 47.9 Å². The minimum absolute atomic E-state index is 0.106. The lowest BCUT2D eigenvalue weighted by Gasteiger charge is -2.34. The number of hydrogen-bond acceptors (Lipinski definition) is 3. The van der Waals surface area contributed by atoms with E-state index in [1.807, 2.05) is 20.8 Å². The number of urea groups is 1. The highest BCUT2D eigenvalue weighted by molar-refractivity contribution is 6.39. The van der Waals surface area contributed by atoms with Crippen molar-refractivity contribution in [3.63, 3.8) is 0 Å². The first-order valence-corrected chi connectivity index (χ1v) is 9.69. The molecule has 1 heterocycles. The van der Waals surface area contributed by atoms with Crippen molar-refractivity contribution >= 4 is 23.5 Å². The molecule has 7 nitrogen and oxygen atoms in total. The Morgan fingerprint density at radius 1 is 1.07 bits per heavy atom. The van der Waals surface area contributed by atoms with Crippen LogP contribution in [0.1, 0.15) is 39.2 Å². The molecule has 166 valence electrons. The van der Waals surface area contributed by atoms with Crippen molar-refractivity contribution < 1.29 is 27.6 Å². The molecule has 4 amide bonds. The maximum atomic E-state index is 12.7. The van der Waals surface area contributed by atoms with Crippen molar-refractivity contribution in [3.05, 3.63) is 29.8 Å². The molecule has 0 atom stereocenters. The number of halogens is 3. The first-order valence-electron chi connectivity index (χ1n) is 9.69. The van der Waals surface area contributed by atoms with Crippen molar-refractivity contribution in [1.29, 1.82) is 0 Å². The van der Waals surface area contributed by atoms with Gasteiger partial charge in [-0.15, -0.1) is 0 Å². The molecule has 0 spiro atoms. The Kier molecular flexibility index (Phi) is 7.33. The molecule has 0 radical (unpaired) electrons. The molecule has 0 saturated carbocycles. The number of carbonyl (C=O) groups is 3. The van der Waals surface area contributed by atoms with Crippen LogP contribution in [0.4, 0.5) is 23.7 Å². The molecule has 0 bridgehead atoms.